The van der Waals surface area contributed by atoms with Gasteiger partial charge in [-0.1, -0.05) is 6.08 Å². The number of alkyl halides is 3. The fourth-order valence-corrected chi connectivity index (χ4v) is 3.74. The predicted octanol–water partition coefficient (Wildman–Crippen LogP) is 4.29. The molecule has 2 heterocycles. The molecule has 1 atom stereocenters. The summed E-state index contributed by atoms with van der Waals surface area (Å²) in [5, 5.41) is 1.24. The molecule has 3 rings (SSSR count). The van der Waals surface area contributed by atoms with Gasteiger partial charge in [-0.05, 0) is 63.2 Å². The molecule has 1 unspecified atom stereocenters. The van der Waals surface area contributed by atoms with Crippen molar-refractivity contribution in [2.24, 2.45) is 0 Å². The molecule has 2 aliphatic rings. The Morgan fingerprint density at radius 3 is 2.70 bits per heavy atom. The second kappa shape index (κ2) is 7.50. The van der Waals surface area contributed by atoms with Crippen LogP contribution in [0.2, 0.25) is 0 Å². The molecule has 8 heteroatoms. The van der Waals surface area contributed by atoms with Crippen molar-refractivity contribution in [3.63, 3.8) is 0 Å². The molecular weight excluding hydrogens is 361 g/mol. The van der Waals surface area contributed by atoms with Gasteiger partial charge in [0.25, 0.3) is 0 Å². The largest absolute Gasteiger partial charge is 0.492 e. The molecule has 1 aromatic heterocycles. The van der Waals surface area contributed by atoms with Crippen LogP contribution in [0.3, 0.4) is 0 Å². The van der Waals surface area contributed by atoms with Crippen LogP contribution in [0, 0.1) is 0 Å². The molecule has 0 amide bonds. The number of carbonyl (C=O) groups is 1. The van der Waals surface area contributed by atoms with E-state index < -0.39 is 17.7 Å². The third-order valence-corrected chi connectivity index (χ3v) is 5.00. The molecule has 0 N–H and O–H groups in total. The Kier molecular flexibility index (Phi) is 5.46. The molecule has 5 nitrogen and oxygen atoms in total. The van der Waals surface area contributed by atoms with E-state index in [0.717, 1.165) is 11.1 Å². The van der Waals surface area contributed by atoms with Crippen LogP contribution < -0.4 is 4.74 Å². The quantitative estimate of drug-likeness (QED) is 0.775. The summed E-state index contributed by atoms with van der Waals surface area (Å²) in [6, 6.07) is 1.92. The second-order valence-corrected chi connectivity index (χ2v) is 7.32. The minimum Gasteiger partial charge on any atom is -0.489 e. The van der Waals surface area contributed by atoms with E-state index in [1.54, 1.807) is 12.4 Å². The summed E-state index contributed by atoms with van der Waals surface area (Å²) in [7, 11) is 0. The van der Waals surface area contributed by atoms with Crippen LogP contribution in [0.25, 0.3) is 5.57 Å². The summed E-state index contributed by atoms with van der Waals surface area (Å²) in [6.07, 6.45) is 3.72. The third kappa shape index (κ3) is 4.43. The summed E-state index contributed by atoms with van der Waals surface area (Å²) in [6.45, 7) is 4.20. The minimum absolute atomic E-state index is 0.0426. The molecule has 1 spiro atoms. The van der Waals surface area contributed by atoms with Crippen LogP contribution in [0.1, 0.15) is 51.5 Å². The van der Waals surface area contributed by atoms with Crippen LogP contribution in [0.5, 0.6) is 5.75 Å². The first-order chi connectivity index (χ1) is 12.7. The molecule has 0 bridgehead atoms. The monoisotopic (exact) mass is 384 g/mol. The number of carbonyl (C=O) groups excluding carboxylic acids is 1. The topological polar surface area (TPSA) is 51.7 Å². The van der Waals surface area contributed by atoms with Crippen molar-refractivity contribution in [3.05, 3.63) is 30.1 Å². The maximum absolute atomic E-state index is 12.5. The molecule has 1 saturated heterocycles. The summed E-state index contributed by atoms with van der Waals surface area (Å²) < 4.78 is 43.3. The molecule has 0 radical (unpaired) electrons. The molecule has 148 valence electrons. The standard InChI is InChI=1S/C19H23F3N2O3/c1-13(2)26-16-10-15(11-23-12-16)14-4-7-18(8-5-14)6-3-9-24(18)27-17(25)19(20,21)22/h4,10-13H,3,5-9H2,1-2H3. The van der Waals surface area contributed by atoms with Crippen molar-refractivity contribution in [3.8, 4) is 5.75 Å². The Balaban J connectivity index is 1.72. The van der Waals surface area contributed by atoms with Gasteiger partial charge in [-0.3, -0.25) is 4.98 Å². The Labute approximate surface area is 156 Å². The number of hydroxylamine groups is 2. The lowest BCUT2D eigenvalue weighted by atomic mass is 9.80. The highest BCUT2D eigenvalue weighted by Crippen LogP contribution is 2.43. The highest BCUT2D eigenvalue weighted by molar-refractivity contribution is 5.75. The van der Waals surface area contributed by atoms with Gasteiger partial charge in [-0.2, -0.15) is 13.2 Å². The number of aromatic nitrogens is 1. The maximum atomic E-state index is 12.5. The number of hydrogen-bond donors (Lipinski definition) is 0. The van der Waals surface area contributed by atoms with Gasteiger partial charge in [0, 0.05) is 12.7 Å². The van der Waals surface area contributed by atoms with Crippen LogP contribution in [0.4, 0.5) is 13.2 Å². The van der Waals surface area contributed by atoms with E-state index >= 15 is 0 Å². The van der Waals surface area contributed by atoms with E-state index in [0.29, 0.717) is 44.4 Å². The van der Waals surface area contributed by atoms with E-state index in [9.17, 15) is 18.0 Å². The van der Waals surface area contributed by atoms with Gasteiger partial charge in [-0.25, -0.2) is 4.79 Å². The first-order valence-corrected chi connectivity index (χ1v) is 9.07. The highest BCUT2D eigenvalue weighted by atomic mass is 19.4. The van der Waals surface area contributed by atoms with Crippen LogP contribution >= 0.6 is 0 Å². The van der Waals surface area contributed by atoms with Crippen molar-refractivity contribution < 1.29 is 27.5 Å². The fourth-order valence-electron chi connectivity index (χ4n) is 3.74. The zero-order valence-corrected chi connectivity index (χ0v) is 15.4. The molecule has 1 aliphatic heterocycles. The number of ether oxygens (including phenoxy) is 1. The predicted molar refractivity (Wildman–Crippen MR) is 92.6 cm³/mol. The second-order valence-electron chi connectivity index (χ2n) is 7.32. The summed E-state index contributed by atoms with van der Waals surface area (Å²) >= 11 is 0. The average Bonchev–Trinajstić information content (AvgIpc) is 2.96. The number of nitrogens with zero attached hydrogens (tertiary/aromatic N) is 2. The van der Waals surface area contributed by atoms with Crippen molar-refractivity contribution in [2.45, 2.75) is 63.8 Å². The number of halogens is 3. The summed E-state index contributed by atoms with van der Waals surface area (Å²) in [5.74, 6) is -1.47. The first-order valence-electron chi connectivity index (χ1n) is 9.07. The van der Waals surface area contributed by atoms with Gasteiger partial charge in [0.1, 0.15) is 5.75 Å². The SMILES string of the molecule is CC(C)Oc1cncc(C2=CCC3(CCCN3OC(=O)C(F)(F)F)CC2)c1. The lowest BCUT2D eigenvalue weighted by Crippen LogP contribution is -2.47. The zero-order chi connectivity index (χ0) is 19.7. The summed E-state index contributed by atoms with van der Waals surface area (Å²) in [5.41, 5.74) is 1.47. The van der Waals surface area contributed by atoms with Gasteiger partial charge in [0.15, 0.2) is 0 Å². The third-order valence-electron chi connectivity index (χ3n) is 5.00. The lowest BCUT2D eigenvalue weighted by Gasteiger charge is -2.39. The van der Waals surface area contributed by atoms with Gasteiger partial charge in [-0.15, -0.1) is 5.06 Å². The van der Waals surface area contributed by atoms with Crippen LogP contribution in [-0.2, 0) is 9.63 Å². The van der Waals surface area contributed by atoms with Gasteiger partial charge in [0.2, 0.25) is 0 Å². The van der Waals surface area contributed by atoms with E-state index in [2.05, 4.69) is 9.82 Å². The lowest BCUT2D eigenvalue weighted by molar-refractivity contribution is -0.253. The Hall–Kier alpha value is -2.09. The zero-order valence-electron chi connectivity index (χ0n) is 15.4. The molecule has 1 aromatic rings. The van der Waals surface area contributed by atoms with E-state index in [-0.39, 0.29) is 6.10 Å². The fraction of sp³-hybridized carbons (Fsp3) is 0.579. The molecule has 1 fully saturated rings. The molecule has 0 aromatic carbocycles. The van der Waals surface area contributed by atoms with Crippen molar-refractivity contribution in [1.82, 2.24) is 10.0 Å². The van der Waals surface area contributed by atoms with Crippen molar-refractivity contribution in [2.75, 3.05) is 6.54 Å². The number of rotatable bonds is 4. The van der Waals surface area contributed by atoms with E-state index in [1.165, 1.54) is 5.06 Å². The minimum atomic E-state index is -4.98. The normalized spacial score (nSPS) is 23.6. The molecular formula is C19H23F3N2O3. The molecule has 0 saturated carbocycles. The van der Waals surface area contributed by atoms with Gasteiger partial charge < -0.3 is 9.57 Å². The number of allylic oxidation sites excluding steroid dienone is 1. The molecule has 1 aliphatic carbocycles. The van der Waals surface area contributed by atoms with Crippen molar-refractivity contribution in [1.29, 1.82) is 0 Å². The number of pyridine rings is 1. The maximum Gasteiger partial charge on any atom is 0.492 e. The van der Waals surface area contributed by atoms with E-state index in [1.807, 2.05) is 26.0 Å². The Morgan fingerprint density at radius 2 is 2.07 bits per heavy atom. The Morgan fingerprint density at radius 1 is 1.30 bits per heavy atom. The molecule has 27 heavy (non-hydrogen) atoms. The number of hydrogen-bond acceptors (Lipinski definition) is 5. The smallest absolute Gasteiger partial charge is 0.489 e. The average molecular weight is 384 g/mol. The summed E-state index contributed by atoms with van der Waals surface area (Å²) in [4.78, 5) is 20.1. The van der Waals surface area contributed by atoms with Gasteiger partial charge in [0.05, 0.1) is 17.8 Å². The van der Waals surface area contributed by atoms with Crippen molar-refractivity contribution >= 4 is 11.5 Å². The van der Waals surface area contributed by atoms with Crippen LogP contribution in [-0.4, -0.2) is 40.4 Å². The van der Waals surface area contributed by atoms with Crippen LogP contribution in [0.15, 0.2) is 24.5 Å². The Bertz CT molecular complexity index is 733. The van der Waals surface area contributed by atoms with E-state index in [4.69, 9.17) is 4.74 Å². The highest BCUT2D eigenvalue weighted by Gasteiger charge is 2.49. The van der Waals surface area contributed by atoms with Gasteiger partial charge >= 0.3 is 12.1 Å². The first kappa shape index (κ1) is 19.7.